The van der Waals surface area contributed by atoms with Crippen LogP contribution in [0.2, 0.25) is 0 Å². The summed E-state index contributed by atoms with van der Waals surface area (Å²) in [6, 6.07) is 7.42. The number of ether oxygens (including phenoxy) is 1. The van der Waals surface area contributed by atoms with Gasteiger partial charge < -0.3 is 14.2 Å². The van der Waals surface area contributed by atoms with E-state index in [9.17, 15) is 4.79 Å². The van der Waals surface area contributed by atoms with Gasteiger partial charge in [0.2, 0.25) is 0 Å². The van der Waals surface area contributed by atoms with Crippen LogP contribution in [0.25, 0.3) is 0 Å². The van der Waals surface area contributed by atoms with E-state index in [1.54, 1.807) is 0 Å². The summed E-state index contributed by atoms with van der Waals surface area (Å²) in [4.78, 5) is 14.8. The number of amides is 1. The van der Waals surface area contributed by atoms with Crippen molar-refractivity contribution in [3.63, 3.8) is 0 Å². The van der Waals surface area contributed by atoms with Gasteiger partial charge in [0, 0.05) is 18.7 Å². The van der Waals surface area contributed by atoms with Gasteiger partial charge in [0.15, 0.2) is 0 Å². The van der Waals surface area contributed by atoms with Crippen molar-refractivity contribution in [1.29, 1.82) is 0 Å². The molecule has 0 spiro atoms. The molecule has 1 aliphatic rings. The molecule has 5 nitrogen and oxygen atoms in total. The van der Waals surface area contributed by atoms with Gasteiger partial charge in [-0.1, -0.05) is 25.1 Å². The minimum absolute atomic E-state index is 0.0844. The summed E-state index contributed by atoms with van der Waals surface area (Å²) >= 11 is 0. The number of hydrogen-bond donors (Lipinski definition) is 0. The lowest BCUT2D eigenvalue weighted by Crippen LogP contribution is -2.42. The Kier molecular flexibility index (Phi) is 5.11. The number of carbonyl (C=O) groups is 1. The minimum atomic E-state index is 0.0844. The predicted molar refractivity (Wildman–Crippen MR) is 95.6 cm³/mol. The summed E-state index contributed by atoms with van der Waals surface area (Å²) in [5.74, 6) is 2.63. The molecule has 2 atom stereocenters. The van der Waals surface area contributed by atoms with Crippen LogP contribution in [0.4, 0.5) is 0 Å². The van der Waals surface area contributed by atoms with Gasteiger partial charge >= 0.3 is 0 Å². The van der Waals surface area contributed by atoms with Gasteiger partial charge in [0.1, 0.15) is 18.1 Å². The first-order chi connectivity index (χ1) is 11.9. The second-order valence-corrected chi connectivity index (χ2v) is 7.28. The van der Waals surface area contributed by atoms with Crippen molar-refractivity contribution in [3.05, 3.63) is 46.8 Å². The maximum Gasteiger partial charge on any atom is 0.254 e. The van der Waals surface area contributed by atoms with Crippen molar-refractivity contribution in [2.45, 2.75) is 40.7 Å². The topological polar surface area (TPSA) is 55.6 Å². The molecule has 0 N–H and O–H groups in total. The van der Waals surface area contributed by atoms with Crippen molar-refractivity contribution in [2.24, 2.45) is 11.8 Å². The van der Waals surface area contributed by atoms with Crippen LogP contribution in [0.3, 0.4) is 0 Å². The molecule has 25 heavy (non-hydrogen) atoms. The average molecular weight is 342 g/mol. The molecule has 3 rings (SSSR count). The zero-order chi connectivity index (χ0) is 18.0. The average Bonchev–Trinajstić information content (AvgIpc) is 2.90. The zero-order valence-electron chi connectivity index (χ0n) is 15.4. The third-order valence-electron chi connectivity index (χ3n) is 4.80. The van der Waals surface area contributed by atoms with Crippen LogP contribution in [0.15, 0.2) is 28.8 Å². The summed E-state index contributed by atoms with van der Waals surface area (Å²) in [6.07, 6.45) is 1.18. The Hall–Kier alpha value is -2.30. The molecule has 2 heterocycles. The van der Waals surface area contributed by atoms with E-state index >= 15 is 0 Å². The summed E-state index contributed by atoms with van der Waals surface area (Å²) in [5.41, 5.74) is 2.47. The maximum atomic E-state index is 12.8. The molecule has 0 aliphatic carbocycles. The molecule has 1 fully saturated rings. The molecular weight excluding hydrogens is 316 g/mol. The van der Waals surface area contributed by atoms with Gasteiger partial charge in [0.05, 0.1) is 11.3 Å². The fourth-order valence-electron chi connectivity index (χ4n) is 3.59. The van der Waals surface area contributed by atoms with Crippen LogP contribution < -0.4 is 4.74 Å². The van der Waals surface area contributed by atoms with Crippen LogP contribution >= 0.6 is 0 Å². The zero-order valence-corrected chi connectivity index (χ0v) is 15.4. The van der Waals surface area contributed by atoms with Crippen LogP contribution in [0, 0.1) is 25.7 Å². The fraction of sp³-hybridized carbons (Fsp3) is 0.500. The number of aromatic nitrogens is 1. The molecule has 5 heteroatoms. The molecule has 1 aromatic carbocycles. The quantitative estimate of drug-likeness (QED) is 0.843. The highest BCUT2D eigenvalue weighted by atomic mass is 16.5. The molecule has 1 saturated heterocycles. The Balaban J connectivity index is 1.69. The van der Waals surface area contributed by atoms with Crippen molar-refractivity contribution in [3.8, 4) is 5.75 Å². The Morgan fingerprint density at radius 1 is 1.28 bits per heavy atom. The second kappa shape index (κ2) is 7.30. The standard InChI is InChI=1S/C20H26N2O3/c1-13-8-14(2)11-22(10-13)20(23)17-6-5-7-18(9-17)24-12-19-15(3)21-25-16(19)4/h5-7,9,13-14H,8,10-12H2,1-4H3/t13-,14+. The molecule has 0 saturated carbocycles. The SMILES string of the molecule is Cc1noc(C)c1COc1cccc(C(=O)N2C[C@H](C)C[C@H](C)C2)c1. The summed E-state index contributed by atoms with van der Waals surface area (Å²) in [5, 5.41) is 3.93. The number of likely N-dealkylation sites (tertiary alicyclic amines) is 1. The smallest absolute Gasteiger partial charge is 0.254 e. The Morgan fingerprint density at radius 2 is 2.00 bits per heavy atom. The molecule has 134 valence electrons. The monoisotopic (exact) mass is 342 g/mol. The number of nitrogens with zero attached hydrogens (tertiary/aromatic N) is 2. The molecule has 0 unspecified atom stereocenters. The Labute approximate surface area is 148 Å². The lowest BCUT2D eigenvalue weighted by molar-refractivity contribution is 0.0622. The summed E-state index contributed by atoms with van der Waals surface area (Å²) in [6.45, 7) is 10.2. The van der Waals surface area contributed by atoms with Gasteiger partial charge in [-0.2, -0.15) is 0 Å². The van der Waals surface area contributed by atoms with Crippen LogP contribution in [-0.4, -0.2) is 29.1 Å². The van der Waals surface area contributed by atoms with E-state index in [0.717, 1.165) is 30.1 Å². The van der Waals surface area contributed by atoms with Crippen LogP contribution in [0.1, 0.15) is 47.6 Å². The van der Waals surface area contributed by atoms with E-state index in [-0.39, 0.29) is 5.91 Å². The van der Waals surface area contributed by atoms with Crippen molar-refractivity contribution >= 4 is 5.91 Å². The van der Waals surface area contributed by atoms with E-state index in [4.69, 9.17) is 9.26 Å². The Bertz CT molecular complexity index is 724. The molecule has 0 radical (unpaired) electrons. The number of rotatable bonds is 4. The first-order valence-electron chi connectivity index (χ1n) is 8.88. The van der Waals surface area contributed by atoms with E-state index in [1.807, 2.05) is 43.0 Å². The van der Waals surface area contributed by atoms with E-state index < -0.39 is 0 Å². The van der Waals surface area contributed by atoms with Gasteiger partial charge in [-0.25, -0.2) is 0 Å². The van der Waals surface area contributed by atoms with Crippen molar-refractivity contribution in [2.75, 3.05) is 13.1 Å². The minimum Gasteiger partial charge on any atom is -0.489 e. The highest BCUT2D eigenvalue weighted by Gasteiger charge is 2.26. The molecule has 0 bridgehead atoms. The Morgan fingerprint density at radius 3 is 2.64 bits per heavy atom. The van der Waals surface area contributed by atoms with Gasteiger partial charge in [-0.15, -0.1) is 0 Å². The van der Waals surface area contributed by atoms with E-state index in [1.165, 1.54) is 6.42 Å². The van der Waals surface area contributed by atoms with Crippen LogP contribution in [-0.2, 0) is 6.61 Å². The van der Waals surface area contributed by atoms with Crippen molar-refractivity contribution < 1.29 is 14.1 Å². The lowest BCUT2D eigenvalue weighted by atomic mass is 9.91. The maximum absolute atomic E-state index is 12.8. The number of benzene rings is 1. The largest absolute Gasteiger partial charge is 0.489 e. The number of aryl methyl sites for hydroxylation is 2. The highest BCUT2D eigenvalue weighted by Crippen LogP contribution is 2.24. The van der Waals surface area contributed by atoms with Crippen LogP contribution in [0.5, 0.6) is 5.75 Å². The van der Waals surface area contributed by atoms with Gasteiger partial charge in [0.25, 0.3) is 5.91 Å². The molecule has 1 aromatic heterocycles. The third-order valence-corrected chi connectivity index (χ3v) is 4.80. The first kappa shape index (κ1) is 17.5. The summed E-state index contributed by atoms with van der Waals surface area (Å²) in [7, 11) is 0. The number of carbonyl (C=O) groups excluding carboxylic acids is 1. The molecule has 2 aromatic rings. The first-order valence-corrected chi connectivity index (χ1v) is 8.88. The van der Waals surface area contributed by atoms with E-state index in [0.29, 0.717) is 29.8 Å². The fourth-order valence-corrected chi connectivity index (χ4v) is 3.59. The molecule has 1 aliphatic heterocycles. The molecule has 1 amide bonds. The predicted octanol–water partition coefficient (Wildman–Crippen LogP) is 3.99. The normalized spacial score (nSPS) is 20.6. The third kappa shape index (κ3) is 4.03. The lowest BCUT2D eigenvalue weighted by Gasteiger charge is -2.35. The second-order valence-electron chi connectivity index (χ2n) is 7.28. The number of hydrogen-bond acceptors (Lipinski definition) is 4. The molecular formula is C20H26N2O3. The highest BCUT2D eigenvalue weighted by molar-refractivity contribution is 5.94. The van der Waals surface area contributed by atoms with Gasteiger partial charge in [-0.3, -0.25) is 4.79 Å². The van der Waals surface area contributed by atoms with Gasteiger partial charge in [-0.05, 0) is 50.3 Å². The van der Waals surface area contributed by atoms with E-state index in [2.05, 4.69) is 19.0 Å². The summed E-state index contributed by atoms with van der Waals surface area (Å²) < 4.78 is 11.0. The van der Waals surface area contributed by atoms with Crippen molar-refractivity contribution in [1.82, 2.24) is 10.1 Å². The number of piperidine rings is 1.